The van der Waals surface area contributed by atoms with Crippen LogP contribution in [0.1, 0.15) is 32.0 Å². The van der Waals surface area contributed by atoms with Gasteiger partial charge in [-0.3, -0.25) is 0 Å². The first-order valence-corrected chi connectivity index (χ1v) is 20.8. The molecule has 0 bridgehead atoms. The number of rotatable bonds is 8. The van der Waals surface area contributed by atoms with E-state index in [1.165, 1.54) is 27.5 Å². The van der Waals surface area contributed by atoms with Crippen LogP contribution in [0.3, 0.4) is 0 Å². The molecule has 0 saturated heterocycles. The number of aromatic nitrogens is 4. The van der Waals surface area contributed by atoms with Crippen LogP contribution in [0.15, 0.2) is 186 Å². The van der Waals surface area contributed by atoms with Gasteiger partial charge in [0.15, 0.2) is 17.5 Å². The standard InChI is InChI=1S/C55H42N4O/c1-4-5-8-18-35(2)55(3)34-47-50(55)42-25-15-16-27-46(42)59(47)41-32-44(37-20-9-6-10-21-37)51-45(33-41)49-43(26-17-28-48(49)60-51)54-57-52(38-22-11-7-12-23-38)56-53(58-54)40-30-29-36-19-13-14-24-39(36)31-40/h4-33,35H,34H2,1-3H3/b5-4-,18-8-/t35-,55?/m0/s1. The van der Waals surface area contributed by atoms with E-state index < -0.39 is 0 Å². The molecule has 7 aromatic carbocycles. The number of furan rings is 1. The van der Waals surface area contributed by atoms with E-state index >= 15 is 0 Å². The molecule has 0 aliphatic heterocycles. The maximum atomic E-state index is 6.92. The number of fused-ring (bicyclic) bond motifs is 7. The lowest BCUT2D eigenvalue weighted by Crippen LogP contribution is -2.41. The molecule has 0 fully saturated rings. The van der Waals surface area contributed by atoms with Crippen molar-refractivity contribution in [1.82, 2.24) is 19.5 Å². The summed E-state index contributed by atoms with van der Waals surface area (Å²) in [5.41, 5.74) is 11.6. The average molecular weight is 775 g/mol. The maximum absolute atomic E-state index is 6.92. The average Bonchev–Trinajstić information content (AvgIpc) is 3.81. The molecule has 10 aromatic rings. The largest absolute Gasteiger partial charge is 0.455 e. The van der Waals surface area contributed by atoms with Crippen LogP contribution in [-0.2, 0) is 11.8 Å². The minimum absolute atomic E-state index is 0.0119. The molecule has 60 heavy (non-hydrogen) atoms. The highest BCUT2D eigenvalue weighted by Crippen LogP contribution is 2.53. The molecule has 11 rings (SSSR count). The van der Waals surface area contributed by atoms with Crippen LogP contribution in [0.4, 0.5) is 0 Å². The van der Waals surface area contributed by atoms with Crippen LogP contribution in [0.5, 0.6) is 0 Å². The van der Waals surface area contributed by atoms with Crippen molar-refractivity contribution in [3.8, 4) is 51.0 Å². The van der Waals surface area contributed by atoms with Gasteiger partial charge in [-0.1, -0.05) is 166 Å². The fourth-order valence-electron chi connectivity index (χ4n) is 9.40. The van der Waals surface area contributed by atoms with Crippen LogP contribution in [0.25, 0.3) is 94.6 Å². The Labute approximate surface area is 349 Å². The van der Waals surface area contributed by atoms with Gasteiger partial charge in [-0.05, 0) is 71.5 Å². The lowest BCUT2D eigenvalue weighted by Gasteiger charge is -2.44. The SMILES string of the molecule is C/C=C\C=C/[C@H](C)C1(C)Cc2c1c1ccccc1n2-c1cc(-c2ccccc2)c2oc3cccc(-c4nc(-c5ccccc5)nc(-c5ccc6ccccc6c5)n4)c3c2c1. The van der Waals surface area contributed by atoms with E-state index in [2.05, 4.69) is 183 Å². The van der Waals surface area contributed by atoms with Crippen molar-refractivity contribution in [2.24, 2.45) is 5.92 Å². The Morgan fingerprint density at radius 3 is 2.12 bits per heavy atom. The molecule has 0 saturated carbocycles. The van der Waals surface area contributed by atoms with Crippen molar-refractivity contribution in [1.29, 1.82) is 0 Å². The Morgan fingerprint density at radius 2 is 1.32 bits per heavy atom. The van der Waals surface area contributed by atoms with E-state index in [9.17, 15) is 0 Å². The zero-order chi connectivity index (χ0) is 40.4. The van der Waals surface area contributed by atoms with Gasteiger partial charge in [-0.15, -0.1) is 0 Å². The molecular weight excluding hydrogens is 733 g/mol. The van der Waals surface area contributed by atoms with Gasteiger partial charge in [0.2, 0.25) is 0 Å². The van der Waals surface area contributed by atoms with E-state index in [-0.39, 0.29) is 5.41 Å². The first-order chi connectivity index (χ1) is 29.5. The second kappa shape index (κ2) is 14.2. The van der Waals surface area contributed by atoms with Crippen LogP contribution >= 0.6 is 0 Å². The minimum Gasteiger partial charge on any atom is -0.455 e. The molecule has 1 aliphatic rings. The summed E-state index contributed by atoms with van der Waals surface area (Å²) in [7, 11) is 0. The molecule has 5 nitrogen and oxygen atoms in total. The summed E-state index contributed by atoms with van der Waals surface area (Å²) in [5.74, 6) is 2.20. The summed E-state index contributed by atoms with van der Waals surface area (Å²) in [5, 5.41) is 5.61. The molecule has 0 radical (unpaired) electrons. The highest BCUT2D eigenvalue weighted by molar-refractivity contribution is 6.16. The second-order valence-electron chi connectivity index (χ2n) is 16.2. The number of benzene rings is 7. The predicted molar refractivity (Wildman–Crippen MR) is 247 cm³/mol. The molecule has 5 heteroatoms. The highest BCUT2D eigenvalue weighted by atomic mass is 16.3. The van der Waals surface area contributed by atoms with Gasteiger partial charge in [0.25, 0.3) is 0 Å². The van der Waals surface area contributed by atoms with Crippen molar-refractivity contribution >= 4 is 43.6 Å². The minimum atomic E-state index is 0.0119. The number of hydrogen-bond acceptors (Lipinski definition) is 4. The van der Waals surface area contributed by atoms with Crippen LogP contribution in [0.2, 0.25) is 0 Å². The zero-order valence-electron chi connectivity index (χ0n) is 33.8. The molecular formula is C55H42N4O. The van der Waals surface area contributed by atoms with E-state index in [0.717, 1.165) is 67.3 Å². The zero-order valence-corrected chi connectivity index (χ0v) is 33.8. The van der Waals surface area contributed by atoms with Gasteiger partial charge in [-0.25, -0.2) is 15.0 Å². The fraction of sp³-hybridized carbons (Fsp3) is 0.109. The van der Waals surface area contributed by atoms with Crippen LogP contribution in [0, 0.1) is 5.92 Å². The van der Waals surface area contributed by atoms with Crippen molar-refractivity contribution in [3.63, 3.8) is 0 Å². The first-order valence-electron chi connectivity index (χ1n) is 20.8. The smallest absolute Gasteiger partial charge is 0.164 e. The molecule has 1 unspecified atom stereocenters. The van der Waals surface area contributed by atoms with Crippen LogP contribution in [-0.4, -0.2) is 19.5 Å². The first kappa shape index (κ1) is 35.8. The van der Waals surface area contributed by atoms with E-state index in [4.69, 9.17) is 19.4 Å². The van der Waals surface area contributed by atoms with Crippen molar-refractivity contribution in [2.45, 2.75) is 32.6 Å². The molecule has 3 heterocycles. The lowest BCUT2D eigenvalue weighted by molar-refractivity contribution is 0.318. The Bertz CT molecular complexity index is 3340. The van der Waals surface area contributed by atoms with Gasteiger partial charge in [0.1, 0.15) is 11.2 Å². The number of nitrogens with zero attached hydrogens (tertiary/aromatic N) is 4. The molecule has 288 valence electrons. The van der Waals surface area contributed by atoms with Crippen molar-refractivity contribution in [3.05, 3.63) is 193 Å². The number of para-hydroxylation sites is 1. The van der Waals surface area contributed by atoms with E-state index in [1.54, 1.807) is 0 Å². The highest BCUT2D eigenvalue weighted by Gasteiger charge is 2.46. The third-order valence-corrected chi connectivity index (χ3v) is 12.6. The molecule has 1 aliphatic carbocycles. The number of hydrogen-bond donors (Lipinski definition) is 0. The summed E-state index contributed by atoms with van der Waals surface area (Å²) >= 11 is 0. The monoisotopic (exact) mass is 774 g/mol. The Hall–Kier alpha value is -7.37. The van der Waals surface area contributed by atoms with Crippen molar-refractivity contribution in [2.75, 3.05) is 0 Å². The van der Waals surface area contributed by atoms with Gasteiger partial charge >= 0.3 is 0 Å². The molecule has 0 spiro atoms. The normalized spacial score (nSPS) is 15.7. The summed E-state index contributed by atoms with van der Waals surface area (Å²) in [6, 6.07) is 55.3. The van der Waals surface area contributed by atoms with E-state index in [1.807, 2.05) is 24.3 Å². The molecule has 0 N–H and O–H groups in total. The summed E-state index contributed by atoms with van der Waals surface area (Å²) in [4.78, 5) is 15.5. The summed E-state index contributed by atoms with van der Waals surface area (Å²) in [6.07, 6.45) is 9.72. The summed E-state index contributed by atoms with van der Waals surface area (Å²) < 4.78 is 9.42. The van der Waals surface area contributed by atoms with Gasteiger partial charge in [0, 0.05) is 55.2 Å². The summed E-state index contributed by atoms with van der Waals surface area (Å²) in [6.45, 7) is 6.84. The molecule has 0 amide bonds. The predicted octanol–water partition coefficient (Wildman–Crippen LogP) is 14.1. The van der Waals surface area contributed by atoms with Crippen molar-refractivity contribution < 1.29 is 4.42 Å². The maximum Gasteiger partial charge on any atom is 0.164 e. The lowest BCUT2D eigenvalue weighted by atomic mass is 9.60. The Morgan fingerprint density at radius 1 is 0.617 bits per heavy atom. The number of allylic oxidation sites excluding steroid dienone is 4. The second-order valence-corrected chi connectivity index (χ2v) is 16.2. The van der Waals surface area contributed by atoms with Gasteiger partial charge < -0.3 is 8.98 Å². The third-order valence-electron chi connectivity index (χ3n) is 12.6. The Kier molecular flexibility index (Phi) is 8.45. The van der Waals surface area contributed by atoms with Gasteiger partial charge in [-0.2, -0.15) is 0 Å². The molecule has 2 atom stereocenters. The van der Waals surface area contributed by atoms with Gasteiger partial charge in [0.05, 0.1) is 5.52 Å². The Balaban J connectivity index is 1.16. The fourth-order valence-corrected chi connectivity index (χ4v) is 9.40. The van der Waals surface area contributed by atoms with E-state index in [0.29, 0.717) is 23.4 Å². The van der Waals surface area contributed by atoms with Crippen LogP contribution < -0.4 is 0 Å². The topological polar surface area (TPSA) is 56.7 Å². The third kappa shape index (κ3) is 5.72. The molecule has 3 aromatic heterocycles. The quantitative estimate of drug-likeness (QED) is 0.144.